The van der Waals surface area contributed by atoms with Crippen molar-refractivity contribution >= 4 is 39.6 Å². The zero-order chi connectivity index (χ0) is 22.1. The summed E-state index contributed by atoms with van der Waals surface area (Å²) in [5.74, 6) is 2.34. The minimum atomic E-state index is 0.425. The van der Waals surface area contributed by atoms with Crippen LogP contribution in [0.15, 0.2) is 36.5 Å². The summed E-state index contributed by atoms with van der Waals surface area (Å²) < 4.78 is 10.7. The molecule has 1 fully saturated rings. The maximum atomic E-state index is 6.31. The highest BCUT2D eigenvalue weighted by molar-refractivity contribution is 7.14. The molecule has 0 saturated heterocycles. The number of nitrogens with one attached hydrogen (secondary N) is 1. The van der Waals surface area contributed by atoms with E-state index in [-0.39, 0.29) is 0 Å². The first-order chi connectivity index (χ1) is 15.6. The van der Waals surface area contributed by atoms with Crippen molar-refractivity contribution < 1.29 is 9.47 Å². The highest BCUT2D eigenvalue weighted by atomic mass is 32.1. The average molecular weight is 449 g/mol. The molecule has 8 nitrogen and oxygen atoms in total. The van der Waals surface area contributed by atoms with Crippen molar-refractivity contribution in [2.45, 2.75) is 31.6 Å². The summed E-state index contributed by atoms with van der Waals surface area (Å²) in [4.78, 5) is 9.18. The van der Waals surface area contributed by atoms with Crippen molar-refractivity contribution in [2.24, 2.45) is 0 Å². The number of hydrogen-bond donors (Lipinski definition) is 2. The predicted molar refractivity (Wildman–Crippen MR) is 127 cm³/mol. The van der Waals surface area contributed by atoms with E-state index < -0.39 is 0 Å². The molecule has 1 aliphatic rings. The molecular weight excluding hydrogens is 424 g/mol. The summed E-state index contributed by atoms with van der Waals surface area (Å²) >= 11 is 1.61. The van der Waals surface area contributed by atoms with E-state index in [9.17, 15) is 0 Å². The second-order valence-corrected chi connectivity index (χ2v) is 8.85. The molecule has 5 rings (SSSR count). The number of benzene rings is 1. The molecule has 1 saturated carbocycles. The normalized spacial score (nSPS) is 14.1. The van der Waals surface area contributed by atoms with E-state index in [2.05, 4.69) is 25.5 Å². The summed E-state index contributed by atoms with van der Waals surface area (Å²) in [7, 11) is 3.24. The SMILES string of the molecule is COc1cc(Nc2cnc3cc(-c4nnc(C5CCCC5)s4)c(N)nc3c2)cc(OC)c1. The molecule has 4 aromatic rings. The number of aromatic nitrogens is 4. The fraction of sp³-hybridized carbons (Fsp3) is 0.304. The zero-order valence-electron chi connectivity index (χ0n) is 18.0. The lowest BCUT2D eigenvalue weighted by molar-refractivity contribution is 0.395. The maximum Gasteiger partial charge on any atom is 0.151 e. The number of rotatable bonds is 6. The molecular formula is C23H24N6O2S. The molecule has 0 radical (unpaired) electrons. The van der Waals surface area contributed by atoms with Gasteiger partial charge in [-0.25, -0.2) is 4.98 Å². The van der Waals surface area contributed by atoms with E-state index in [1.54, 1.807) is 31.8 Å². The predicted octanol–water partition coefficient (Wildman–Crippen LogP) is 5.15. The number of pyridine rings is 2. The Morgan fingerprint density at radius 3 is 2.41 bits per heavy atom. The summed E-state index contributed by atoms with van der Waals surface area (Å²) in [6.45, 7) is 0. The largest absolute Gasteiger partial charge is 0.497 e. The van der Waals surface area contributed by atoms with Crippen molar-refractivity contribution in [3.05, 3.63) is 41.5 Å². The molecule has 0 aliphatic heterocycles. The minimum absolute atomic E-state index is 0.425. The van der Waals surface area contributed by atoms with Gasteiger partial charge in [0.2, 0.25) is 0 Å². The Balaban J connectivity index is 1.43. The second kappa shape index (κ2) is 8.58. The van der Waals surface area contributed by atoms with E-state index in [4.69, 9.17) is 15.2 Å². The molecule has 0 spiro atoms. The number of nitrogens with zero attached hydrogens (tertiary/aromatic N) is 4. The lowest BCUT2D eigenvalue weighted by Crippen LogP contribution is -1.98. The topological polar surface area (TPSA) is 108 Å². The molecule has 164 valence electrons. The Bertz CT molecular complexity index is 1250. The van der Waals surface area contributed by atoms with Gasteiger partial charge in [-0.1, -0.05) is 24.2 Å². The summed E-state index contributed by atoms with van der Waals surface area (Å²) in [5.41, 5.74) is 10.1. The van der Waals surface area contributed by atoms with Crippen LogP contribution in [0.2, 0.25) is 0 Å². The van der Waals surface area contributed by atoms with Crippen molar-refractivity contribution in [2.75, 3.05) is 25.3 Å². The third-order valence-corrected chi connectivity index (χ3v) is 6.83. The van der Waals surface area contributed by atoms with Gasteiger partial charge in [-0.2, -0.15) is 0 Å². The van der Waals surface area contributed by atoms with Crippen LogP contribution in [-0.2, 0) is 0 Å². The van der Waals surface area contributed by atoms with Gasteiger partial charge in [-0.05, 0) is 25.0 Å². The molecule has 0 amide bonds. The van der Waals surface area contributed by atoms with Crippen molar-refractivity contribution in [3.8, 4) is 22.1 Å². The van der Waals surface area contributed by atoms with Crippen molar-refractivity contribution in [1.29, 1.82) is 0 Å². The zero-order valence-corrected chi connectivity index (χ0v) is 18.8. The number of fused-ring (bicyclic) bond motifs is 1. The van der Waals surface area contributed by atoms with Crippen LogP contribution >= 0.6 is 11.3 Å². The number of nitrogen functional groups attached to an aromatic ring is 1. The number of hydrogen-bond acceptors (Lipinski definition) is 9. The van der Waals surface area contributed by atoms with Crippen molar-refractivity contribution in [3.63, 3.8) is 0 Å². The summed E-state index contributed by atoms with van der Waals surface area (Å²) in [6.07, 6.45) is 6.68. The molecule has 9 heteroatoms. The first-order valence-corrected chi connectivity index (χ1v) is 11.3. The quantitative estimate of drug-likeness (QED) is 0.417. The first kappa shape index (κ1) is 20.4. The molecule has 3 aromatic heterocycles. The van der Waals surface area contributed by atoms with Crippen LogP contribution in [0.4, 0.5) is 17.2 Å². The van der Waals surface area contributed by atoms with Gasteiger partial charge >= 0.3 is 0 Å². The summed E-state index contributed by atoms with van der Waals surface area (Å²) in [6, 6.07) is 9.44. The molecule has 32 heavy (non-hydrogen) atoms. The Labute approximate surface area is 189 Å². The van der Waals surface area contributed by atoms with Gasteiger partial charge < -0.3 is 20.5 Å². The van der Waals surface area contributed by atoms with Gasteiger partial charge in [0, 0.05) is 29.8 Å². The van der Waals surface area contributed by atoms with Gasteiger partial charge in [-0.3, -0.25) is 4.98 Å². The first-order valence-electron chi connectivity index (χ1n) is 10.5. The van der Waals surface area contributed by atoms with Gasteiger partial charge in [-0.15, -0.1) is 10.2 Å². The molecule has 3 N–H and O–H groups in total. The Morgan fingerprint density at radius 2 is 1.69 bits per heavy atom. The molecule has 0 atom stereocenters. The smallest absolute Gasteiger partial charge is 0.151 e. The van der Waals surface area contributed by atoms with Gasteiger partial charge in [0.05, 0.1) is 42.7 Å². The minimum Gasteiger partial charge on any atom is -0.497 e. The Hall–Kier alpha value is -3.46. The standard InChI is InChI=1S/C23H24N6O2S/c1-30-16-7-14(8-17(10-16)31-2)26-15-9-20-19(25-12-15)11-18(21(24)27-20)23-29-28-22(32-23)13-5-3-4-6-13/h7-13,26H,3-6H2,1-2H3,(H2,24,27). The van der Waals surface area contributed by atoms with Crippen LogP contribution in [-0.4, -0.2) is 34.4 Å². The Morgan fingerprint density at radius 1 is 0.938 bits per heavy atom. The summed E-state index contributed by atoms with van der Waals surface area (Å²) in [5, 5.41) is 14.0. The van der Waals surface area contributed by atoms with Gasteiger partial charge in [0.15, 0.2) is 5.01 Å². The molecule has 3 heterocycles. The van der Waals surface area contributed by atoms with Crippen molar-refractivity contribution in [1.82, 2.24) is 20.2 Å². The van der Waals surface area contributed by atoms with E-state index in [1.807, 2.05) is 30.3 Å². The number of ether oxygens (including phenoxy) is 2. The number of methoxy groups -OCH3 is 2. The molecule has 0 unspecified atom stereocenters. The van der Waals surface area contributed by atoms with E-state index in [0.717, 1.165) is 32.5 Å². The molecule has 1 aromatic carbocycles. The third-order valence-electron chi connectivity index (χ3n) is 5.71. The lowest BCUT2D eigenvalue weighted by atomic mass is 10.1. The van der Waals surface area contributed by atoms with E-state index in [1.165, 1.54) is 25.7 Å². The monoisotopic (exact) mass is 448 g/mol. The fourth-order valence-corrected chi connectivity index (χ4v) is 5.07. The van der Waals surface area contributed by atoms with Crippen LogP contribution in [0.3, 0.4) is 0 Å². The van der Waals surface area contributed by atoms with Crippen LogP contribution in [0.25, 0.3) is 21.6 Å². The maximum absolute atomic E-state index is 6.31. The highest BCUT2D eigenvalue weighted by Gasteiger charge is 2.22. The lowest BCUT2D eigenvalue weighted by Gasteiger charge is -2.11. The third kappa shape index (κ3) is 4.03. The van der Waals surface area contributed by atoms with E-state index in [0.29, 0.717) is 28.8 Å². The fourth-order valence-electron chi connectivity index (χ4n) is 4.03. The number of anilines is 3. The van der Waals surface area contributed by atoms with Crippen LogP contribution in [0.5, 0.6) is 11.5 Å². The number of nitrogens with two attached hydrogens (primary N) is 1. The van der Waals surface area contributed by atoms with Gasteiger partial charge in [0.25, 0.3) is 0 Å². The second-order valence-electron chi connectivity index (χ2n) is 7.84. The molecule has 0 bridgehead atoms. The van der Waals surface area contributed by atoms with Crippen LogP contribution < -0.4 is 20.5 Å². The van der Waals surface area contributed by atoms with E-state index >= 15 is 0 Å². The molecule has 1 aliphatic carbocycles. The Kier molecular flexibility index (Phi) is 5.48. The van der Waals surface area contributed by atoms with Gasteiger partial charge in [0.1, 0.15) is 22.3 Å². The van der Waals surface area contributed by atoms with Crippen LogP contribution in [0, 0.1) is 0 Å². The average Bonchev–Trinajstić information content (AvgIpc) is 3.50. The highest BCUT2D eigenvalue weighted by Crippen LogP contribution is 2.39. The van der Waals surface area contributed by atoms with Crippen LogP contribution in [0.1, 0.15) is 36.6 Å².